The van der Waals surface area contributed by atoms with Crippen LogP contribution < -0.4 is 16.0 Å². The van der Waals surface area contributed by atoms with Crippen LogP contribution in [-0.4, -0.2) is 24.4 Å². The SMILES string of the molecule is O=C(CNc1cccc(C(=O)NC2CCCCC2)c1)Nc1cccc(Cl)c1Cl. The lowest BCUT2D eigenvalue weighted by Gasteiger charge is -2.22. The van der Waals surface area contributed by atoms with Gasteiger partial charge < -0.3 is 16.0 Å². The van der Waals surface area contributed by atoms with Crippen molar-refractivity contribution in [3.05, 3.63) is 58.1 Å². The molecule has 7 heteroatoms. The van der Waals surface area contributed by atoms with Gasteiger partial charge in [-0.2, -0.15) is 0 Å². The Morgan fingerprint density at radius 1 is 1.00 bits per heavy atom. The number of hydrogen-bond acceptors (Lipinski definition) is 3. The highest BCUT2D eigenvalue weighted by atomic mass is 35.5. The van der Waals surface area contributed by atoms with Crippen LogP contribution in [0.5, 0.6) is 0 Å². The minimum atomic E-state index is -0.263. The van der Waals surface area contributed by atoms with Crippen LogP contribution in [0.1, 0.15) is 42.5 Å². The molecule has 2 aromatic rings. The minimum Gasteiger partial charge on any atom is -0.376 e. The Hall–Kier alpha value is -2.24. The molecule has 2 aromatic carbocycles. The molecule has 0 aliphatic heterocycles. The summed E-state index contributed by atoms with van der Waals surface area (Å²) in [7, 11) is 0. The van der Waals surface area contributed by atoms with E-state index in [1.807, 2.05) is 6.07 Å². The third-order valence-electron chi connectivity index (χ3n) is 4.74. The second-order valence-electron chi connectivity index (χ2n) is 6.89. The summed E-state index contributed by atoms with van der Waals surface area (Å²) in [6, 6.07) is 12.4. The summed E-state index contributed by atoms with van der Waals surface area (Å²) in [5, 5.41) is 9.53. The molecule has 3 rings (SSSR count). The topological polar surface area (TPSA) is 70.2 Å². The van der Waals surface area contributed by atoms with Crippen molar-refractivity contribution >= 4 is 46.4 Å². The molecular weight excluding hydrogens is 397 g/mol. The number of rotatable bonds is 6. The predicted octanol–water partition coefficient (Wildman–Crippen LogP) is 5.11. The van der Waals surface area contributed by atoms with Crippen molar-refractivity contribution in [2.75, 3.05) is 17.2 Å². The maximum Gasteiger partial charge on any atom is 0.251 e. The number of anilines is 2. The maximum absolute atomic E-state index is 12.5. The summed E-state index contributed by atoms with van der Waals surface area (Å²) in [6.07, 6.45) is 5.65. The van der Waals surface area contributed by atoms with E-state index in [1.54, 1.807) is 36.4 Å². The zero-order valence-electron chi connectivity index (χ0n) is 15.4. The molecule has 0 radical (unpaired) electrons. The molecule has 1 saturated carbocycles. The summed E-state index contributed by atoms with van der Waals surface area (Å²) in [5.74, 6) is -0.341. The molecule has 1 aliphatic carbocycles. The molecule has 0 saturated heterocycles. The maximum atomic E-state index is 12.5. The number of amides is 2. The third-order valence-corrected chi connectivity index (χ3v) is 5.56. The van der Waals surface area contributed by atoms with E-state index in [2.05, 4.69) is 16.0 Å². The Labute approximate surface area is 174 Å². The molecule has 2 amide bonds. The van der Waals surface area contributed by atoms with E-state index in [1.165, 1.54) is 6.42 Å². The van der Waals surface area contributed by atoms with E-state index in [-0.39, 0.29) is 24.4 Å². The highest BCUT2D eigenvalue weighted by Crippen LogP contribution is 2.29. The monoisotopic (exact) mass is 419 g/mol. The Kier molecular flexibility index (Phi) is 7.18. The quantitative estimate of drug-likeness (QED) is 0.609. The molecule has 0 atom stereocenters. The van der Waals surface area contributed by atoms with Crippen molar-refractivity contribution < 1.29 is 9.59 Å². The van der Waals surface area contributed by atoms with E-state index in [0.29, 0.717) is 27.0 Å². The number of halogens is 2. The van der Waals surface area contributed by atoms with Gasteiger partial charge in [-0.15, -0.1) is 0 Å². The van der Waals surface area contributed by atoms with E-state index >= 15 is 0 Å². The molecule has 0 heterocycles. The summed E-state index contributed by atoms with van der Waals surface area (Å²) < 4.78 is 0. The van der Waals surface area contributed by atoms with Crippen molar-refractivity contribution in [2.24, 2.45) is 0 Å². The van der Waals surface area contributed by atoms with Gasteiger partial charge in [-0.1, -0.05) is 54.6 Å². The van der Waals surface area contributed by atoms with Crippen LogP contribution in [0.15, 0.2) is 42.5 Å². The predicted molar refractivity (Wildman–Crippen MR) is 114 cm³/mol. The van der Waals surface area contributed by atoms with Gasteiger partial charge >= 0.3 is 0 Å². The van der Waals surface area contributed by atoms with Crippen LogP contribution >= 0.6 is 23.2 Å². The first kappa shape index (κ1) is 20.5. The lowest BCUT2D eigenvalue weighted by atomic mass is 9.95. The van der Waals surface area contributed by atoms with Gasteiger partial charge in [0.25, 0.3) is 5.91 Å². The minimum absolute atomic E-state index is 0.0382. The molecule has 5 nitrogen and oxygen atoms in total. The molecule has 0 aromatic heterocycles. The van der Waals surface area contributed by atoms with Crippen molar-refractivity contribution in [3.8, 4) is 0 Å². The largest absolute Gasteiger partial charge is 0.376 e. The van der Waals surface area contributed by atoms with Gasteiger partial charge in [0.15, 0.2) is 0 Å². The van der Waals surface area contributed by atoms with E-state index in [9.17, 15) is 9.59 Å². The van der Waals surface area contributed by atoms with Gasteiger partial charge in [0, 0.05) is 17.3 Å². The zero-order chi connectivity index (χ0) is 19.9. The van der Waals surface area contributed by atoms with Crippen LogP contribution in [-0.2, 0) is 4.79 Å². The zero-order valence-corrected chi connectivity index (χ0v) is 16.9. The molecule has 0 bridgehead atoms. The molecule has 0 unspecified atom stereocenters. The standard InChI is InChI=1S/C21H23Cl2N3O2/c22-17-10-5-11-18(20(17)23)26-19(27)13-24-16-9-4-6-14(12-16)21(28)25-15-7-2-1-3-8-15/h4-6,9-12,15,24H,1-3,7-8,13H2,(H,25,28)(H,26,27). The number of carbonyl (C=O) groups excluding carboxylic acids is 2. The molecular formula is C21H23Cl2N3O2. The smallest absolute Gasteiger partial charge is 0.251 e. The average molecular weight is 420 g/mol. The molecule has 148 valence electrons. The molecule has 1 fully saturated rings. The van der Waals surface area contributed by atoms with Gasteiger partial charge in [-0.05, 0) is 43.2 Å². The van der Waals surface area contributed by atoms with Crippen molar-refractivity contribution in [1.29, 1.82) is 0 Å². The van der Waals surface area contributed by atoms with E-state index in [0.717, 1.165) is 25.7 Å². The average Bonchev–Trinajstić information content (AvgIpc) is 2.71. The van der Waals surface area contributed by atoms with Crippen LogP contribution in [0.25, 0.3) is 0 Å². The second-order valence-corrected chi connectivity index (χ2v) is 7.68. The number of hydrogen-bond donors (Lipinski definition) is 3. The van der Waals surface area contributed by atoms with Gasteiger partial charge in [0.2, 0.25) is 5.91 Å². The third kappa shape index (κ3) is 5.63. The van der Waals surface area contributed by atoms with Crippen LogP contribution in [0.4, 0.5) is 11.4 Å². The highest BCUT2D eigenvalue weighted by molar-refractivity contribution is 6.44. The fraction of sp³-hybridized carbons (Fsp3) is 0.333. The second kappa shape index (κ2) is 9.80. The first-order valence-corrected chi connectivity index (χ1v) is 10.2. The van der Waals surface area contributed by atoms with Crippen molar-refractivity contribution in [1.82, 2.24) is 5.32 Å². The lowest BCUT2D eigenvalue weighted by Crippen LogP contribution is -2.36. The van der Waals surface area contributed by atoms with Crippen molar-refractivity contribution in [2.45, 2.75) is 38.1 Å². The van der Waals surface area contributed by atoms with Gasteiger partial charge in [-0.25, -0.2) is 0 Å². The molecule has 28 heavy (non-hydrogen) atoms. The van der Waals surface area contributed by atoms with Crippen LogP contribution in [0.3, 0.4) is 0 Å². The Bertz CT molecular complexity index is 851. The number of nitrogens with one attached hydrogen (secondary N) is 3. The summed E-state index contributed by atoms with van der Waals surface area (Å²) in [5.41, 5.74) is 1.74. The van der Waals surface area contributed by atoms with Gasteiger partial charge in [0.05, 0.1) is 22.3 Å². The van der Waals surface area contributed by atoms with Gasteiger partial charge in [0.1, 0.15) is 0 Å². The normalized spacial score (nSPS) is 14.4. The Morgan fingerprint density at radius 3 is 2.54 bits per heavy atom. The lowest BCUT2D eigenvalue weighted by molar-refractivity contribution is -0.114. The molecule has 3 N–H and O–H groups in total. The number of carbonyl (C=O) groups is 2. The fourth-order valence-electron chi connectivity index (χ4n) is 3.26. The van der Waals surface area contributed by atoms with Crippen LogP contribution in [0.2, 0.25) is 10.0 Å². The summed E-state index contributed by atoms with van der Waals surface area (Å²) in [4.78, 5) is 24.6. The van der Waals surface area contributed by atoms with Crippen molar-refractivity contribution in [3.63, 3.8) is 0 Å². The summed E-state index contributed by atoms with van der Waals surface area (Å²) in [6.45, 7) is 0.0382. The fourth-order valence-corrected chi connectivity index (χ4v) is 3.61. The van der Waals surface area contributed by atoms with E-state index < -0.39 is 0 Å². The van der Waals surface area contributed by atoms with Crippen LogP contribution in [0, 0.1) is 0 Å². The first-order valence-electron chi connectivity index (χ1n) is 9.41. The van der Waals surface area contributed by atoms with Gasteiger partial charge in [-0.3, -0.25) is 9.59 Å². The van der Waals surface area contributed by atoms with E-state index in [4.69, 9.17) is 23.2 Å². The highest BCUT2D eigenvalue weighted by Gasteiger charge is 2.17. The first-order chi connectivity index (χ1) is 13.5. The molecule has 1 aliphatic rings. The Balaban J connectivity index is 1.54. The Morgan fingerprint density at radius 2 is 1.75 bits per heavy atom. The summed E-state index contributed by atoms with van der Waals surface area (Å²) >= 11 is 12.0. The number of benzene rings is 2. The molecule has 0 spiro atoms.